The molecule has 0 bridgehead atoms. The van der Waals surface area contributed by atoms with Crippen molar-refractivity contribution in [2.45, 2.75) is 26.2 Å². The average molecular weight is 616 g/mol. The molecule has 9 nitrogen and oxygen atoms in total. The van der Waals surface area contributed by atoms with Crippen LogP contribution in [0.25, 0.3) is 22.2 Å². The number of hydrogen-bond donors (Lipinski definition) is 1. The molecule has 0 atom stereocenters. The van der Waals surface area contributed by atoms with Crippen molar-refractivity contribution in [3.8, 4) is 11.3 Å². The fourth-order valence-corrected chi connectivity index (χ4v) is 5.80. The molecule has 230 valence electrons. The van der Waals surface area contributed by atoms with Gasteiger partial charge in [-0.2, -0.15) is 0 Å². The predicted octanol–water partition coefficient (Wildman–Crippen LogP) is 6.32. The lowest BCUT2D eigenvalue weighted by molar-refractivity contribution is 0.0602. The maximum atomic E-state index is 15.8. The number of benzene rings is 3. The molecule has 0 aliphatic carbocycles. The van der Waals surface area contributed by atoms with Gasteiger partial charge in [-0.3, -0.25) is 4.79 Å². The van der Waals surface area contributed by atoms with Crippen molar-refractivity contribution < 1.29 is 23.5 Å². The Morgan fingerprint density at radius 2 is 1.72 bits per heavy atom. The Bertz CT molecular complexity index is 1990. The van der Waals surface area contributed by atoms with E-state index in [1.807, 2.05) is 65.2 Å². The van der Waals surface area contributed by atoms with Crippen LogP contribution in [0.3, 0.4) is 0 Å². The van der Waals surface area contributed by atoms with E-state index in [0.717, 1.165) is 11.1 Å². The second-order valence-corrected chi connectivity index (χ2v) is 11.1. The van der Waals surface area contributed by atoms with Gasteiger partial charge in [-0.25, -0.2) is 19.2 Å². The molecule has 4 heterocycles. The molecule has 0 spiro atoms. The molecule has 1 aliphatic heterocycles. The molecule has 0 saturated heterocycles. The summed E-state index contributed by atoms with van der Waals surface area (Å²) in [6, 6.07) is 26.1. The molecule has 46 heavy (non-hydrogen) atoms. The Labute approximate surface area is 264 Å². The van der Waals surface area contributed by atoms with Crippen LogP contribution >= 0.6 is 0 Å². The van der Waals surface area contributed by atoms with Crippen LogP contribution in [0.2, 0.25) is 0 Å². The van der Waals surface area contributed by atoms with Crippen molar-refractivity contribution in [2.75, 3.05) is 18.6 Å². The first-order valence-corrected chi connectivity index (χ1v) is 14.9. The number of imidazole rings is 1. The molecular formula is C36H30FN5O4. The number of ether oxygens (including phenoxy) is 2. The van der Waals surface area contributed by atoms with E-state index in [-0.39, 0.29) is 28.2 Å². The molecule has 0 fully saturated rings. The van der Waals surface area contributed by atoms with Gasteiger partial charge >= 0.3 is 5.97 Å². The minimum absolute atomic E-state index is 0.184. The summed E-state index contributed by atoms with van der Waals surface area (Å²) in [5.41, 5.74) is 4.07. The van der Waals surface area contributed by atoms with Crippen LogP contribution in [0.5, 0.6) is 0 Å². The Hall–Kier alpha value is -5.61. The number of halogens is 1. The highest BCUT2D eigenvalue weighted by Gasteiger charge is 2.24. The minimum Gasteiger partial charge on any atom is -0.465 e. The van der Waals surface area contributed by atoms with Gasteiger partial charge in [0.05, 0.1) is 24.8 Å². The Kier molecular flexibility index (Phi) is 7.86. The molecular weight excluding hydrogens is 585 g/mol. The van der Waals surface area contributed by atoms with Gasteiger partial charge in [0.2, 0.25) is 5.78 Å². The number of ketones is 1. The van der Waals surface area contributed by atoms with Crippen LogP contribution in [0.15, 0.2) is 97.3 Å². The highest BCUT2D eigenvalue weighted by Crippen LogP contribution is 2.34. The van der Waals surface area contributed by atoms with Gasteiger partial charge in [0.1, 0.15) is 23.9 Å². The number of carbonyl (C=O) groups is 2. The number of esters is 1. The smallest absolute Gasteiger partial charge is 0.340 e. The standard InChI is InChI=1S/C36H30FN5O4/c1-45-36(44)28-18-38-35(42(19-23-8-4-2-5-9-23)20-24-10-6-3-7-11-24)33-27(28)17-30(40-33)26-13-12-25(16-29(26)37)34(43)31-21-41-14-15-46-22-32(41)39-31/h2-13,16-18,21,40H,14-15,19-20,22H2,1H3. The van der Waals surface area contributed by atoms with Gasteiger partial charge in [-0.1, -0.05) is 66.7 Å². The number of carbonyl (C=O) groups excluding carboxylic acids is 2. The number of H-pyrrole nitrogens is 1. The molecule has 6 aromatic rings. The van der Waals surface area contributed by atoms with E-state index in [0.29, 0.717) is 61.1 Å². The molecule has 1 N–H and O–H groups in total. The van der Waals surface area contributed by atoms with E-state index in [4.69, 9.17) is 14.5 Å². The van der Waals surface area contributed by atoms with Crippen molar-refractivity contribution in [1.29, 1.82) is 0 Å². The van der Waals surface area contributed by atoms with E-state index in [1.54, 1.807) is 24.4 Å². The topological polar surface area (TPSA) is 102 Å². The molecule has 0 unspecified atom stereocenters. The number of hydrogen-bond acceptors (Lipinski definition) is 7. The van der Waals surface area contributed by atoms with Crippen LogP contribution in [-0.2, 0) is 35.7 Å². The molecule has 10 heteroatoms. The highest BCUT2D eigenvalue weighted by atomic mass is 19.1. The number of nitrogens with one attached hydrogen (secondary N) is 1. The number of anilines is 1. The van der Waals surface area contributed by atoms with Crippen molar-refractivity contribution in [3.63, 3.8) is 0 Å². The second-order valence-electron chi connectivity index (χ2n) is 11.1. The van der Waals surface area contributed by atoms with Crippen LogP contribution < -0.4 is 4.90 Å². The molecule has 3 aromatic heterocycles. The maximum Gasteiger partial charge on any atom is 0.340 e. The zero-order valence-electron chi connectivity index (χ0n) is 25.1. The third-order valence-electron chi connectivity index (χ3n) is 8.11. The summed E-state index contributed by atoms with van der Waals surface area (Å²) in [6.07, 6.45) is 3.18. The molecule has 7 rings (SSSR count). The number of aromatic amines is 1. The van der Waals surface area contributed by atoms with E-state index in [2.05, 4.69) is 14.9 Å². The number of aromatic nitrogens is 4. The Morgan fingerprint density at radius 1 is 1.00 bits per heavy atom. The number of nitrogens with zero attached hydrogens (tertiary/aromatic N) is 4. The first kappa shape index (κ1) is 29.1. The molecule has 3 aromatic carbocycles. The first-order valence-electron chi connectivity index (χ1n) is 14.9. The van der Waals surface area contributed by atoms with Gasteiger partial charge in [0.15, 0.2) is 5.82 Å². The van der Waals surface area contributed by atoms with E-state index >= 15 is 4.39 Å². The van der Waals surface area contributed by atoms with Crippen molar-refractivity contribution in [3.05, 3.63) is 137 Å². The van der Waals surface area contributed by atoms with Gasteiger partial charge in [0, 0.05) is 54.2 Å². The fraction of sp³-hybridized carbons (Fsp3) is 0.167. The van der Waals surface area contributed by atoms with E-state index in [9.17, 15) is 9.59 Å². The van der Waals surface area contributed by atoms with Gasteiger partial charge in [0.25, 0.3) is 0 Å². The van der Waals surface area contributed by atoms with Crippen molar-refractivity contribution >= 4 is 28.5 Å². The number of methoxy groups -OCH3 is 1. The van der Waals surface area contributed by atoms with Crippen molar-refractivity contribution in [2.24, 2.45) is 0 Å². The molecule has 0 saturated carbocycles. The SMILES string of the molecule is COC(=O)c1cnc(N(Cc2ccccc2)Cc2ccccc2)c2[nH]c(-c3ccc(C(=O)c4cn5c(n4)COCC5)cc3F)cc12. The first-order chi connectivity index (χ1) is 22.5. The average Bonchev–Trinajstić information content (AvgIpc) is 3.73. The Morgan fingerprint density at radius 3 is 2.37 bits per heavy atom. The van der Waals surface area contributed by atoms with Crippen LogP contribution in [0, 0.1) is 5.82 Å². The monoisotopic (exact) mass is 615 g/mol. The third kappa shape index (κ3) is 5.66. The summed E-state index contributed by atoms with van der Waals surface area (Å²) in [5, 5.41) is 0.545. The molecule has 0 amide bonds. The predicted molar refractivity (Wildman–Crippen MR) is 171 cm³/mol. The van der Waals surface area contributed by atoms with E-state index < -0.39 is 11.8 Å². The zero-order chi connectivity index (χ0) is 31.6. The largest absolute Gasteiger partial charge is 0.465 e. The second kappa shape index (κ2) is 12.4. The summed E-state index contributed by atoms with van der Waals surface area (Å²) >= 11 is 0. The van der Waals surface area contributed by atoms with Gasteiger partial charge in [-0.05, 0) is 29.3 Å². The van der Waals surface area contributed by atoms with Gasteiger partial charge in [-0.15, -0.1) is 0 Å². The summed E-state index contributed by atoms with van der Waals surface area (Å²) in [4.78, 5) is 40.6. The lowest BCUT2D eigenvalue weighted by Crippen LogP contribution is -2.24. The fourth-order valence-electron chi connectivity index (χ4n) is 5.80. The van der Waals surface area contributed by atoms with Crippen LogP contribution in [-0.4, -0.2) is 45.0 Å². The van der Waals surface area contributed by atoms with E-state index in [1.165, 1.54) is 19.4 Å². The Balaban J connectivity index is 1.29. The third-order valence-corrected chi connectivity index (χ3v) is 8.11. The normalized spacial score (nSPS) is 12.6. The summed E-state index contributed by atoms with van der Waals surface area (Å²) in [7, 11) is 1.31. The van der Waals surface area contributed by atoms with Crippen LogP contribution in [0.1, 0.15) is 43.4 Å². The lowest BCUT2D eigenvalue weighted by atomic mass is 10.0. The number of rotatable bonds is 9. The quantitative estimate of drug-likeness (QED) is 0.150. The number of fused-ring (bicyclic) bond motifs is 2. The zero-order valence-corrected chi connectivity index (χ0v) is 25.1. The maximum absolute atomic E-state index is 15.8. The summed E-state index contributed by atoms with van der Waals surface area (Å²) < 4.78 is 28.2. The molecule has 0 radical (unpaired) electrons. The number of pyridine rings is 1. The summed E-state index contributed by atoms with van der Waals surface area (Å²) in [6.45, 7) is 2.58. The van der Waals surface area contributed by atoms with Crippen LogP contribution in [0.4, 0.5) is 10.2 Å². The minimum atomic E-state index is -0.593. The summed E-state index contributed by atoms with van der Waals surface area (Å²) in [5.74, 6) is -0.252. The van der Waals surface area contributed by atoms with Gasteiger partial charge < -0.3 is 23.9 Å². The lowest BCUT2D eigenvalue weighted by Gasteiger charge is -2.25. The molecule has 1 aliphatic rings. The van der Waals surface area contributed by atoms with Crippen molar-refractivity contribution in [1.82, 2.24) is 19.5 Å². The highest BCUT2D eigenvalue weighted by molar-refractivity contribution is 6.09.